The Labute approximate surface area is 139 Å². The fraction of sp³-hybridized carbons (Fsp3) is 0.786. The molecule has 8 heteroatoms. The Hall–Kier alpha value is -0.860. The van der Waals surface area contributed by atoms with Gasteiger partial charge in [-0.3, -0.25) is 4.79 Å². The van der Waals surface area contributed by atoms with Crippen LogP contribution in [0, 0.1) is 5.92 Å². The van der Waals surface area contributed by atoms with Gasteiger partial charge >= 0.3 is 0 Å². The summed E-state index contributed by atoms with van der Waals surface area (Å²) in [5.74, 6) is 0.844. The van der Waals surface area contributed by atoms with Gasteiger partial charge in [0, 0.05) is 19.2 Å². The third-order valence-electron chi connectivity index (χ3n) is 3.63. The van der Waals surface area contributed by atoms with Crippen LogP contribution in [-0.4, -0.2) is 47.2 Å². The first kappa shape index (κ1) is 17.5. The first-order chi connectivity index (χ1) is 10.5. The molecule has 0 aliphatic carbocycles. The van der Waals surface area contributed by atoms with E-state index in [1.165, 1.54) is 23.1 Å². The van der Waals surface area contributed by atoms with Crippen LogP contribution >= 0.6 is 23.1 Å². The molecule has 1 aromatic rings. The molecule has 1 aliphatic heterocycles. The number of amides is 1. The van der Waals surface area contributed by atoms with Gasteiger partial charge < -0.3 is 15.4 Å². The maximum atomic E-state index is 11.8. The van der Waals surface area contributed by atoms with Crippen molar-refractivity contribution in [3.05, 3.63) is 0 Å². The van der Waals surface area contributed by atoms with Gasteiger partial charge in [-0.1, -0.05) is 36.9 Å². The predicted octanol–water partition coefficient (Wildman–Crippen LogP) is 2.38. The summed E-state index contributed by atoms with van der Waals surface area (Å²) >= 11 is 2.90. The number of nitrogens with zero attached hydrogens (tertiary/aromatic N) is 2. The Morgan fingerprint density at radius 2 is 2.27 bits per heavy atom. The lowest BCUT2D eigenvalue weighted by atomic mass is 10.1. The molecule has 1 saturated heterocycles. The molecule has 2 unspecified atom stereocenters. The lowest BCUT2D eigenvalue weighted by Gasteiger charge is -2.16. The van der Waals surface area contributed by atoms with Gasteiger partial charge in [0.05, 0.1) is 11.9 Å². The van der Waals surface area contributed by atoms with E-state index in [2.05, 4.69) is 34.7 Å². The number of nitrogens with one attached hydrogen (secondary N) is 2. The van der Waals surface area contributed by atoms with Crippen molar-refractivity contribution in [2.45, 2.75) is 50.1 Å². The van der Waals surface area contributed by atoms with Crippen molar-refractivity contribution in [3.8, 4) is 0 Å². The lowest BCUT2D eigenvalue weighted by molar-refractivity contribution is -0.119. The van der Waals surface area contributed by atoms with Crippen LogP contribution in [0.2, 0.25) is 0 Å². The third-order valence-corrected chi connectivity index (χ3v) is 5.64. The predicted molar refractivity (Wildman–Crippen MR) is 90.5 cm³/mol. The second-order valence-corrected chi connectivity index (χ2v) is 7.98. The molecular formula is C14H24N4O2S2. The molecule has 6 nitrogen and oxygen atoms in total. The summed E-state index contributed by atoms with van der Waals surface area (Å²) in [6.07, 6.45) is 2.51. The van der Waals surface area contributed by atoms with Gasteiger partial charge in [0.2, 0.25) is 11.0 Å². The Balaban J connectivity index is 1.69. The SMILES string of the molecule is CC(C)C(C)NC(=O)CSc1nnc(NCC2CCCO2)s1. The van der Waals surface area contributed by atoms with Crippen LogP contribution in [0.15, 0.2) is 4.34 Å². The minimum Gasteiger partial charge on any atom is -0.376 e. The highest BCUT2D eigenvalue weighted by atomic mass is 32.2. The van der Waals surface area contributed by atoms with E-state index in [0.29, 0.717) is 11.7 Å². The van der Waals surface area contributed by atoms with Crippen molar-refractivity contribution in [3.63, 3.8) is 0 Å². The van der Waals surface area contributed by atoms with Gasteiger partial charge in [-0.15, -0.1) is 10.2 Å². The summed E-state index contributed by atoms with van der Waals surface area (Å²) in [5.41, 5.74) is 0. The van der Waals surface area contributed by atoms with Crippen LogP contribution < -0.4 is 10.6 Å². The largest absolute Gasteiger partial charge is 0.376 e. The van der Waals surface area contributed by atoms with Gasteiger partial charge in [0.1, 0.15) is 0 Å². The number of hydrogen-bond donors (Lipinski definition) is 2. The maximum Gasteiger partial charge on any atom is 0.230 e. The summed E-state index contributed by atoms with van der Waals surface area (Å²) in [6.45, 7) is 7.83. The molecule has 1 amide bonds. The molecule has 2 atom stereocenters. The molecule has 0 aromatic carbocycles. The number of hydrogen-bond acceptors (Lipinski definition) is 7. The van der Waals surface area contributed by atoms with Crippen molar-refractivity contribution in [1.29, 1.82) is 0 Å². The molecule has 22 heavy (non-hydrogen) atoms. The third kappa shape index (κ3) is 5.73. The number of rotatable bonds is 8. The van der Waals surface area contributed by atoms with E-state index in [9.17, 15) is 4.79 Å². The summed E-state index contributed by atoms with van der Waals surface area (Å²) in [7, 11) is 0. The fourth-order valence-electron chi connectivity index (χ4n) is 1.94. The Bertz CT molecular complexity index is 475. The van der Waals surface area contributed by atoms with Gasteiger partial charge in [-0.05, 0) is 25.7 Å². The van der Waals surface area contributed by atoms with Crippen molar-refractivity contribution in [2.75, 3.05) is 24.2 Å². The van der Waals surface area contributed by atoms with Crippen LogP contribution in [-0.2, 0) is 9.53 Å². The highest BCUT2D eigenvalue weighted by Crippen LogP contribution is 2.25. The average Bonchev–Trinajstić information content (AvgIpc) is 3.14. The molecular weight excluding hydrogens is 320 g/mol. The minimum atomic E-state index is 0.0373. The van der Waals surface area contributed by atoms with E-state index in [1.54, 1.807) is 0 Å². The average molecular weight is 345 g/mol. The number of thioether (sulfide) groups is 1. The minimum absolute atomic E-state index is 0.0373. The van der Waals surface area contributed by atoms with Gasteiger partial charge in [-0.2, -0.15) is 0 Å². The van der Waals surface area contributed by atoms with E-state index >= 15 is 0 Å². The number of anilines is 1. The van der Waals surface area contributed by atoms with Crippen LogP contribution in [0.25, 0.3) is 0 Å². The van der Waals surface area contributed by atoms with Crippen LogP contribution in [0.3, 0.4) is 0 Å². The molecule has 1 fully saturated rings. The van der Waals surface area contributed by atoms with Gasteiger partial charge in [-0.25, -0.2) is 0 Å². The zero-order valence-electron chi connectivity index (χ0n) is 13.3. The summed E-state index contributed by atoms with van der Waals surface area (Å²) in [5, 5.41) is 15.2. The Morgan fingerprint density at radius 1 is 1.45 bits per heavy atom. The monoisotopic (exact) mass is 344 g/mol. The normalized spacial score (nSPS) is 19.4. The van der Waals surface area contributed by atoms with Crippen molar-refractivity contribution in [2.24, 2.45) is 5.92 Å². The molecule has 2 N–H and O–H groups in total. The van der Waals surface area contributed by atoms with Crippen molar-refractivity contribution >= 4 is 34.1 Å². The number of aromatic nitrogens is 2. The summed E-state index contributed by atoms with van der Waals surface area (Å²) in [6, 6.07) is 0.186. The smallest absolute Gasteiger partial charge is 0.230 e. The zero-order valence-corrected chi connectivity index (χ0v) is 14.9. The van der Waals surface area contributed by atoms with Crippen LogP contribution in [0.4, 0.5) is 5.13 Å². The second kappa shape index (κ2) is 8.69. The van der Waals surface area contributed by atoms with E-state index in [1.807, 2.05) is 6.92 Å². The van der Waals surface area contributed by atoms with Gasteiger partial charge in [0.15, 0.2) is 4.34 Å². The van der Waals surface area contributed by atoms with E-state index in [0.717, 1.165) is 35.5 Å². The maximum absolute atomic E-state index is 11.8. The molecule has 0 radical (unpaired) electrons. The molecule has 1 aromatic heterocycles. The standard InChI is InChI=1S/C14H24N4O2S2/c1-9(2)10(3)16-12(19)8-21-14-18-17-13(22-14)15-7-11-5-4-6-20-11/h9-11H,4-8H2,1-3H3,(H,15,17)(H,16,19). The lowest BCUT2D eigenvalue weighted by Crippen LogP contribution is -2.37. The van der Waals surface area contributed by atoms with E-state index < -0.39 is 0 Å². The van der Waals surface area contributed by atoms with E-state index in [-0.39, 0.29) is 18.1 Å². The molecule has 0 bridgehead atoms. The first-order valence-electron chi connectivity index (χ1n) is 7.65. The molecule has 124 valence electrons. The van der Waals surface area contributed by atoms with E-state index in [4.69, 9.17) is 4.74 Å². The molecule has 0 saturated carbocycles. The van der Waals surface area contributed by atoms with Gasteiger partial charge in [0.25, 0.3) is 0 Å². The quantitative estimate of drug-likeness (QED) is 0.705. The molecule has 0 spiro atoms. The highest BCUT2D eigenvalue weighted by molar-refractivity contribution is 8.01. The second-order valence-electron chi connectivity index (χ2n) is 5.78. The van der Waals surface area contributed by atoms with Crippen molar-refractivity contribution in [1.82, 2.24) is 15.5 Å². The summed E-state index contributed by atoms with van der Waals surface area (Å²) < 4.78 is 6.36. The van der Waals surface area contributed by atoms with Crippen molar-refractivity contribution < 1.29 is 9.53 Å². The first-order valence-corrected chi connectivity index (χ1v) is 9.46. The van der Waals surface area contributed by atoms with Crippen LogP contribution in [0.1, 0.15) is 33.6 Å². The molecule has 2 heterocycles. The topological polar surface area (TPSA) is 76.1 Å². The number of ether oxygens (including phenoxy) is 1. The Morgan fingerprint density at radius 3 is 2.95 bits per heavy atom. The molecule has 2 rings (SSSR count). The number of carbonyl (C=O) groups is 1. The summed E-state index contributed by atoms with van der Waals surface area (Å²) in [4.78, 5) is 11.8. The number of carbonyl (C=O) groups excluding carboxylic acids is 1. The zero-order chi connectivity index (χ0) is 15.9. The Kier molecular flexibility index (Phi) is 6.91. The molecule has 1 aliphatic rings. The fourth-order valence-corrected chi connectivity index (χ4v) is 3.51. The highest BCUT2D eigenvalue weighted by Gasteiger charge is 2.16. The van der Waals surface area contributed by atoms with Crippen LogP contribution in [0.5, 0.6) is 0 Å².